The fourth-order valence-corrected chi connectivity index (χ4v) is 5.73. The maximum Gasteiger partial charge on any atom is 0.252 e. The van der Waals surface area contributed by atoms with E-state index in [1.807, 2.05) is 31.2 Å². The fraction of sp³-hybridized carbons (Fsp3) is 0.316. The number of hydrogen-bond donors (Lipinski definition) is 0. The molecular weight excluding hydrogens is 420 g/mol. The third-order valence-corrected chi connectivity index (χ3v) is 8.00. The van der Waals surface area contributed by atoms with Gasteiger partial charge in [0.1, 0.15) is 15.6 Å². The molecule has 28 heavy (non-hydrogen) atoms. The number of benzene rings is 1. The average molecular weight is 441 g/mol. The van der Waals surface area contributed by atoms with Crippen molar-refractivity contribution in [1.82, 2.24) is 9.21 Å². The van der Waals surface area contributed by atoms with Crippen LogP contribution in [0.4, 0.5) is 0 Å². The third-order valence-electron chi connectivity index (χ3n) is 4.50. The Kier molecular flexibility index (Phi) is 6.14. The summed E-state index contributed by atoms with van der Waals surface area (Å²) in [4.78, 5) is 14.2. The molecular formula is C19H21ClN2O4S2. The summed E-state index contributed by atoms with van der Waals surface area (Å²) in [5, 5.41) is 0.966. The minimum atomic E-state index is -3.75. The van der Waals surface area contributed by atoms with Gasteiger partial charge in [0.2, 0.25) is 5.91 Å². The quantitative estimate of drug-likeness (QED) is 0.557. The molecule has 0 spiro atoms. The number of aryl methyl sites for hydroxylation is 1. The first-order valence-electron chi connectivity index (χ1n) is 8.69. The normalized spacial score (nSPS) is 12.0. The molecule has 150 valence electrons. The highest BCUT2D eigenvalue weighted by molar-refractivity contribution is 7.91. The maximum atomic E-state index is 12.7. The second-order valence-electron chi connectivity index (χ2n) is 6.42. The number of carbonyl (C=O) groups is 1. The molecule has 3 aromatic rings. The highest BCUT2D eigenvalue weighted by atomic mass is 35.5. The zero-order valence-corrected chi connectivity index (χ0v) is 18.2. The first-order valence-corrected chi connectivity index (χ1v) is 11.3. The van der Waals surface area contributed by atoms with Crippen molar-refractivity contribution in [2.75, 3.05) is 20.6 Å². The monoisotopic (exact) mass is 440 g/mol. The van der Waals surface area contributed by atoms with Crippen molar-refractivity contribution >= 4 is 49.8 Å². The zero-order valence-electron chi connectivity index (χ0n) is 15.8. The number of rotatable bonds is 7. The molecule has 0 atom stereocenters. The van der Waals surface area contributed by atoms with E-state index in [1.54, 1.807) is 7.05 Å². The molecule has 0 aliphatic carbocycles. The number of furan rings is 1. The number of sulfonamides is 1. The number of fused-ring (bicyclic) bond motifs is 1. The molecule has 0 saturated heterocycles. The summed E-state index contributed by atoms with van der Waals surface area (Å²) in [6.45, 7) is 2.08. The topological polar surface area (TPSA) is 70.8 Å². The van der Waals surface area contributed by atoms with Crippen LogP contribution in [-0.4, -0.2) is 44.2 Å². The summed E-state index contributed by atoms with van der Waals surface area (Å²) in [5.41, 5.74) is 1.73. The van der Waals surface area contributed by atoms with Gasteiger partial charge in [-0.15, -0.1) is 11.3 Å². The van der Waals surface area contributed by atoms with Gasteiger partial charge in [-0.1, -0.05) is 36.7 Å². The average Bonchev–Trinajstić information content (AvgIpc) is 3.25. The molecule has 3 rings (SSSR count). The van der Waals surface area contributed by atoms with Crippen LogP contribution in [0.2, 0.25) is 4.34 Å². The summed E-state index contributed by atoms with van der Waals surface area (Å²) < 4.78 is 32.6. The second kappa shape index (κ2) is 8.24. The Labute approximate surface area is 173 Å². The molecule has 2 aromatic heterocycles. The first-order chi connectivity index (χ1) is 13.2. The summed E-state index contributed by atoms with van der Waals surface area (Å²) in [6, 6.07) is 10.7. The van der Waals surface area contributed by atoms with Gasteiger partial charge in [-0.25, -0.2) is 8.42 Å². The van der Waals surface area contributed by atoms with Crippen LogP contribution >= 0.6 is 22.9 Å². The molecule has 0 fully saturated rings. The zero-order chi connectivity index (χ0) is 20.5. The molecule has 0 saturated carbocycles. The molecule has 0 unspecified atom stereocenters. The summed E-state index contributed by atoms with van der Waals surface area (Å²) in [6.07, 6.45) is 0.708. The van der Waals surface area contributed by atoms with Crippen LogP contribution in [0.25, 0.3) is 11.0 Å². The number of halogens is 1. The Morgan fingerprint density at radius 3 is 2.54 bits per heavy atom. The molecule has 0 N–H and O–H groups in total. The van der Waals surface area contributed by atoms with E-state index in [0.717, 1.165) is 37.9 Å². The Morgan fingerprint density at radius 2 is 1.89 bits per heavy atom. The highest BCUT2D eigenvalue weighted by Crippen LogP contribution is 2.29. The second-order valence-corrected chi connectivity index (χ2v) is 10.4. The Bertz CT molecular complexity index is 1100. The molecule has 2 heterocycles. The van der Waals surface area contributed by atoms with Crippen molar-refractivity contribution in [3.8, 4) is 0 Å². The first kappa shape index (κ1) is 20.9. The number of amides is 1. The third kappa shape index (κ3) is 4.10. The fourth-order valence-electron chi connectivity index (χ4n) is 2.92. The van der Waals surface area contributed by atoms with Gasteiger partial charge in [0, 0.05) is 38.0 Å². The van der Waals surface area contributed by atoms with E-state index >= 15 is 0 Å². The lowest BCUT2D eigenvalue weighted by atomic mass is 10.1. The van der Waals surface area contributed by atoms with Crippen LogP contribution in [0, 0.1) is 0 Å². The number of carbonyl (C=O) groups excluding carboxylic acids is 1. The molecule has 0 aliphatic rings. The smallest absolute Gasteiger partial charge is 0.252 e. The number of para-hydroxylation sites is 1. The number of hydrogen-bond acceptors (Lipinski definition) is 5. The van der Waals surface area contributed by atoms with Crippen molar-refractivity contribution in [1.29, 1.82) is 0 Å². The molecule has 0 radical (unpaired) electrons. The van der Waals surface area contributed by atoms with E-state index < -0.39 is 10.0 Å². The minimum Gasteiger partial charge on any atom is -0.461 e. The van der Waals surface area contributed by atoms with E-state index in [1.165, 1.54) is 24.1 Å². The molecule has 6 nitrogen and oxygen atoms in total. The predicted molar refractivity (Wildman–Crippen MR) is 111 cm³/mol. The SMILES string of the molecule is CCc1oc2ccccc2c1CN(C)C(=O)CN(C)S(=O)(=O)c1ccc(Cl)s1. The molecule has 1 aromatic carbocycles. The number of likely N-dealkylation sites (N-methyl/N-ethyl adjacent to an activating group) is 2. The van der Waals surface area contributed by atoms with Crippen molar-refractivity contribution in [2.24, 2.45) is 0 Å². The summed E-state index contributed by atoms with van der Waals surface area (Å²) >= 11 is 6.80. The van der Waals surface area contributed by atoms with E-state index in [-0.39, 0.29) is 16.7 Å². The molecule has 1 amide bonds. The predicted octanol–water partition coefficient (Wildman–Crippen LogP) is 3.99. The van der Waals surface area contributed by atoms with Gasteiger partial charge in [-0.3, -0.25) is 4.79 Å². The number of nitrogens with zero attached hydrogens (tertiary/aromatic N) is 2. The van der Waals surface area contributed by atoms with Gasteiger partial charge in [0.25, 0.3) is 10.0 Å². The van der Waals surface area contributed by atoms with Crippen LogP contribution in [0.3, 0.4) is 0 Å². The van der Waals surface area contributed by atoms with E-state index in [9.17, 15) is 13.2 Å². The molecule has 9 heteroatoms. The van der Waals surface area contributed by atoms with Gasteiger partial charge in [0.05, 0.1) is 10.9 Å². The van der Waals surface area contributed by atoms with Crippen LogP contribution in [0.5, 0.6) is 0 Å². The van der Waals surface area contributed by atoms with E-state index in [4.69, 9.17) is 16.0 Å². The van der Waals surface area contributed by atoms with Crippen molar-refractivity contribution in [2.45, 2.75) is 24.1 Å². The van der Waals surface area contributed by atoms with Crippen LogP contribution in [0.1, 0.15) is 18.2 Å². The Balaban J connectivity index is 1.75. The Morgan fingerprint density at radius 1 is 1.18 bits per heavy atom. The van der Waals surface area contributed by atoms with Crippen LogP contribution in [-0.2, 0) is 27.8 Å². The molecule has 0 bridgehead atoms. The maximum absolute atomic E-state index is 12.7. The summed E-state index contributed by atoms with van der Waals surface area (Å²) in [7, 11) is -0.708. The van der Waals surface area contributed by atoms with Crippen molar-refractivity contribution < 1.29 is 17.6 Å². The summed E-state index contributed by atoms with van der Waals surface area (Å²) in [5.74, 6) is 0.524. The number of thiophene rings is 1. The minimum absolute atomic E-state index is 0.115. The lowest BCUT2D eigenvalue weighted by Crippen LogP contribution is -2.38. The van der Waals surface area contributed by atoms with Gasteiger partial charge in [-0.05, 0) is 18.2 Å². The van der Waals surface area contributed by atoms with Crippen molar-refractivity contribution in [3.63, 3.8) is 0 Å². The highest BCUT2D eigenvalue weighted by Gasteiger charge is 2.26. The van der Waals surface area contributed by atoms with Gasteiger partial charge >= 0.3 is 0 Å². The molecule has 0 aliphatic heterocycles. The lowest BCUT2D eigenvalue weighted by Gasteiger charge is -2.21. The van der Waals surface area contributed by atoms with Crippen LogP contribution < -0.4 is 0 Å². The van der Waals surface area contributed by atoms with Gasteiger partial charge in [-0.2, -0.15) is 4.31 Å². The largest absolute Gasteiger partial charge is 0.461 e. The van der Waals surface area contributed by atoms with Gasteiger partial charge < -0.3 is 9.32 Å². The van der Waals surface area contributed by atoms with E-state index in [2.05, 4.69) is 0 Å². The van der Waals surface area contributed by atoms with Crippen LogP contribution in [0.15, 0.2) is 45.0 Å². The Hall–Kier alpha value is -1.87. The lowest BCUT2D eigenvalue weighted by molar-refractivity contribution is -0.130. The standard InChI is InChI=1S/C19H21ClN2O4S2/c1-4-15-14(13-7-5-6-8-16(13)26-15)11-21(2)18(23)12-22(3)28(24,25)19-10-9-17(20)27-19/h5-10H,4,11-12H2,1-3H3. The van der Waals surface area contributed by atoms with Crippen molar-refractivity contribution in [3.05, 3.63) is 52.1 Å². The van der Waals surface area contributed by atoms with Gasteiger partial charge in [0.15, 0.2) is 0 Å². The van der Waals surface area contributed by atoms with E-state index in [0.29, 0.717) is 17.3 Å².